The van der Waals surface area contributed by atoms with Gasteiger partial charge in [-0.3, -0.25) is 4.79 Å². The minimum atomic E-state index is -2.95. The monoisotopic (exact) mass is 590 g/mol. The third kappa shape index (κ3) is 5.84. The lowest BCUT2D eigenvalue weighted by Crippen LogP contribution is -2.42. The molecule has 8 nitrogen and oxygen atoms in total. The standard InChI is InChI=1S/C31H34N4O4S2/c1-39-24-12-8-22(9-13-24)30-33-27(25-4-2-3-5-26(25)29(36)34-31(20-32)14-15-31)28(40-30)21-6-10-23(11-7-21)35-16-18-41(37,38)19-17-35/h6-13,25-26H,2-5,14-19H2,1H3,(H,34,36). The van der Waals surface area contributed by atoms with Gasteiger partial charge in [0.15, 0.2) is 9.84 Å². The maximum atomic E-state index is 13.5. The Labute approximate surface area is 245 Å². The SMILES string of the molecule is COc1ccc(-c2nc(C3CCCCC3C(=O)NC3(C#N)CC3)c(-c3ccc(N4CCS(=O)(=O)CC4)cc3)s2)cc1. The number of nitrogens with zero attached hydrogens (tertiary/aromatic N) is 3. The van der Waals surface area contributed by atoms with Crippen LogP contribution in [0.2, 0.25) is 0 Å². The number of ether oxygens (including phenoxy) is 1. The van der Waals surface area contributed by atoms with Gasteiger partial charge in [0.2, 0.25) is 5.91 Å². The van der Waals surface area contributed by atoms with E-state index in [2.05, 4.69) is 40.6 Å². The minimum Gasteiger partial charge on any atom is -0.497 e. The summed E-state index contributed by atoms with van der Waals surface area (Å²) < 4.78 is 29.1. The Hall–Kier alpha value is -3.42. The fraction of sp³-hybridized carbons (Fsp3) is 0.452. The number of thiazole rings is 1. The highest BCUT2D eigenvalue weighted by molar-refractivity contribution is 7.91. The van der Waals surface area contributed by atoms with Crippen molar-refractivity contribution in [2.24, 2.45) is 5.92 Å². The molecule has 1 aromatic heterocycles. The molecular formula is C31H34N4O4S2. The molecule has 3 aliphatic rings. The number of amides is 1. The molecule has 0 radical (unpaired) electrons. The number of hydrogen-bond acceptors (Lipinski definition) is 8. The Kier molecular flexibility index (Phi) is 7.51. The smallest absolute Gasteiger partial charge is 0.225 e. The second kappa shape index (κ2) is 11.1. The highest BCUT2D eigenvalue weighted by atomic mass is 32.2. The van der Waals surface area contributed by atoms with E-state index in [0.717, 1.165) is 63.8 Å². The lowest BCUT2D eigenvalue weighted by molar-refractivity contribution is -0.127. The summed E-state index contributed by atoms with van der Waals surface area (Å²) in [4.78, 5) is 21.9. The van der Waals surface area contributed by atoms with E-state index in [9.17, 15) is 18.5 Å². The van der Waals surface area contributed by atoms with Crippen LogP contribution in [0.15, 0.2) is 48.5 Å². The van der Waals surface area contributed by atoms with Crippen LogP contribution in [0.4, 0.5) is 5.69 Å². The van der Waals surface area contributed by atoms with Gasteiger partial charge in [-0.25, -0.2) is 13.4 Å². The second-order valence-corrected chi connectivity index (χ2v) is 14.6. The Morgan fingerprint density at radius 3 is 2.34 bits per heavy atom. The van der Waals surface area contributed by atoms with Crippen molar-refractivity contribution in [1.82, 2.24) is 10.3 Å². The molecule has 1 aliphatic heterocycles. The second-order valence-electron chi connectivity index (χ2n) is 11.3. The van der Waals surface area contributed by atoms with Gasteiger partial charge in [-0.2, -0.15) is 5.26 Å². The molecule has 0 spiro atoms. The molecular weight excluding hydrogens is 556 g/mol. The number of sulfone groups is 1. The molecule has 2 saturated carbocycles. The number of rotatable bonds is 7. The van der Waals surface area contributed by atoms with Gasteiger partial charge in [-0.05, 0) is 67.6 Å². The van der Waals surface area contributed by atoms with Gasteiger partial charge in [-0.1, -0.05) is 25.0 Å². The number of anilines is 1. The van der Waals surface area contributed by atoms with Gasteiger partial charge in [-0.15, -0.1) is 11.3 Å². The predicted octanol–water partition coefficient (Wildman–Crippen LogP) is 5.17. The molecule has 1 amide bonds. The molecule has 2 unspecified atom stereocenters. The van der Waals surface area contributed by atoms with Crippen LogP contribution >= 0.6 is 11.3 Å². The Bertz CT molecular complexity index is 1560. The molecule has 0 bridgehead atoms. The zero-order chi connectivity index (χ0) is 28.6. The summed E-state index contributed by atoms with van der Waals surface area (Å²) in [6, 6.07) is 18.4. The van der Waals surface area contributed by atoms with Crippen LogP contribution in [-0.2, 0) is 14.6 Å². The quantitative estimate of drug-likeness (QED) is 0.404. The van der Waals surface area contributed by atoms with E-state index in [1.807, 2.05) is 24.3 Å². The maximum Gasteiger partial charge on any atom is 0.225 e. The first-order chi connectivity index (χ1) is 19.8. The van der Waals surface area contributed by atoms with E-state index in [0.29, 0.717) is 25.9 Å². The van der Waals surface area contributed by atoms with Crippen LogP contribution in [0, 0.1) is 17.2 Å². The summed E-state index contributed by atoms with van der Waals surface area (Å²) in [6.45, 7) is 0.996. The molecule has 6 rings (SSSR count). The molecule has 10 heteroatoms. The summed E-state index contributed by atoms with van der Waals surface area (Å²) in [5, 5.41) is 13.5. The Balaban J connectivity index is 1.35. The molecule has 2 aliphatic carbocycles. The number of hydrogen-bond donors (Lipinski definition) is 1. The largest absolute Gasteiger partial charge is 0.497 e. The van der Waals surface area contributed by atoms with Gasteiger partial charge in [0.1, 0.15) is 16.3 Å². The number of nitriles is 1. The first-order valence-electron chi connectivity index (χ1n) is 14.2. The molecule has 3 aromatic rings. The first kappa shape index (κ1) is 27.7. The summed E-state index contributed by atoms with van der Waals surface area (Å²) in [5.41, 5.74) is 3.28. The molecule has 2 aromatic carbocycles. The van der Waals surface area contributed by atoms with Crippen molar-refractivity contribution in [3.63, 3.8) is 0 Å². The summed E-state index contributed by atoms with van der Waals surface area (Å²) >= 11 is 1.63. The Morgan fingerprint density at radius 1 is 1.05 bits per heavy atom. The van der Waals surface area contributed by atoms with Crippen LogP contribution in [0.25, 0.3) is 21.0 Å². The highest BCUT2D eigenvalue weighted by Crippen LogP contribution is 2.47. The Morgan fingerprint density at radius 2 is 1.71 bits per heavy atom. The molecule has 3 fully saturated rings. The van der Waals surface area contributed by atoms with E-state index in [1.54, 1.807) is 18.4 Å². The van der Waals surface area contributed by atoms with E-state index in [-0.39, 0.29) is 29.2 Å². The fourth-order valence-electron chi connectivity index (χ4n) is 5.93. The van der Waals surface area contributed by atoms with Gasteiger partial charge in [0, 0.05) is 36.2 Å². The lowest BCUT2D eigenvalue weighted by atomic mass is 9.76. The van der Waals surface area contributed by atoms with Crippen molar-refractivity contribution in [2.75, 3.05) is 36.6 Å². The van der Waals surface area contributed by atoms with Crippen molar-refractivity contribution in [1.29, 1.82) is 5.26 Å². The third-order valence-corrected chi connectivity index (χ3v) is 11.4. The molecule has 2 heterocycles. The average molecular weight is 591 g/mol. The van der Waals surface area contributed by atoms with Crippen LogP contribution in [0.5, 0.6) is 5.75 Å². The highest BCUT2D eigenvalue weighted by Gasteiger charge is 2.47. The van der Waals surface area contributed by atoms with Crippen molar-refractivity contribution >= 4 is 32.8 Å². The third-order valence-electron chi connectivity index (χ3n) is 8.61. The minimum absolute atomic E-state index is 0.0332. The fourth-order valence-corrected chi connectivity index (χ4v) is 8.28. The molecule has 214 valence electrons. The zero-order valence-corrected chi connectivity index (χ0v) is 24.8. The van der Waals surface area contributed by atoms with E-state index in [4.69, 9.17) is 9.72 Å². The van der Waals surface area contributed by atoms with Crippen LogP contribution in [-0.4, -0.2) is 56.6 Å². The number of aromatic nitrogens is 1. The summed E-state index contributed by atoms with van der Waals surface area (Å²) in [5.74, 6) is 0.836. The van der Waals surface area contributed by atoms with Gasteiger partial charge < -0.3 is 15.0 Å². The number of nitrogens with one attached hydrogen (secondary N) is 1. The van der Waals surface area contributed by atoms with Gasteiger partial charge >= 0.3 is 0 Å². The van der Waals surface area contributed by atoms with Crippen molar-refractivity contribution in [3.8, 4) is 32.8 Å². The van der Waals surface area contributed by atoms with Crippen LogP contribution in [0.3, 0.4) is 0 Å². The number of methoxy groups -OCH3 is 1. The van der Waals surface area contributed by atoms with Crippen LogP contribution < -0.4 is 15.0 Å². The zero-order valence-electron chi connectivity index (χ0n) is 23.1. The van der Waals surface area contributed by atoms with Crippen molar-refractivity contribution < 1.29 is 17.9 Å². The molecule has 1 N–H and O–H groups in total. The summed E-state index contributed by atoms with van der Waals surface area (Å²) in [6.07, 6.45) is 5.10. The van der Waals surface area contributed by atoms with Gasteiger partial charge in [0.25, 0.3) is 0 Å². The maximum absolute atomic E-state index is 13.5. The normalized spacial score (nSPS) is 22.9. The topological polar surface area (TPSA) is 112 Å². The number of benzene rings is 2. The van der Waals surface area contributed by atoms with Gasteiger partial charge in [0.05, 0.1) is 35.3 Å². The molecule has 2 atom stereocenters. The van der Waals surface area contributed by atoms with Crippen LogP contribution in [0.1, 0.15) is 50.1 Å². The summed E-state index contributed by atoms with van der Waals surface area (Å²) in [7, 11) is -1.30. The predicted molar refractivity (Wildman–Crippen MR) is 161 cm³/mol. The first-order valence-corrected chi connectivity index (χ1v) is 16.9. The number of carbonyl (C=O) groups excluding carboxylic acids is 1. The van der Waals surface area contributed by atoms with Crippen molar-refractivity contribution in [3.05, 3.63) is 54.2 Å². The average Bonchev–Trinajstić information content (AvgIpc) is 3.63. The molecule has 41 heavy (non-hydrogen) atoms. The van der Waals surface area contributed by atoms with E-state index >= 15 is 0 Å². The van der Waals surface area contributed by atoms with Crippen molar-refractivity contribution in [2.45, 2.75) is 50.0 Å². The lowest BCUT2D eigenvalue weighted by Gasteiger charge is -2.31. The molecule has 1 saturated heterocycles. The number of carbonyl (C=O) groups is 1. The van der Waals surface area contributed by atoms with E-state index in [1.165, 1.54) is 0 Å². The van der Waals surface area contributed by atoms with E-state index < -0.39 is 15.4 Å².